The van der Waals surface area contributed by atoms with Gasteiger partial charge in [-0.3, -0.25) is 9.59 Å². The number of carbonyl (C=O) groups is 2. The van der Waals surface area contributed by atoms with Crippen molar-refractivity contribution in [2.24, 2.45) is 0 Å². The van der Waals surface area contributed by atoms with Gasteiger partial charge in [-0.25, -0.2) is 0 Å². The molecule has 26 heavy (non-hydrogen) atoms. The van der Waals surface area contributed by atoms with Gasteiger partial charge in [0.15, 0.2) is 0 Å². The van der Waals surface area contributed by atoms with E-state index in [2.05, 4.69) is 15.5 Å². The zero-order valence-corrected chi connectivity index (χ0v) is 15.8. The molecule has 140 valence electrons. The van der Waals surface area contributed by atoms with Crippen LogP contribution < -0.4 is 0 Å². The smallest absolute Gasteiger partial charge is 0.313 e. The van der Waals surface area contributed by atoms with E-state index in [0.717, 1.165) is 5.69 Å². The van der Waals surface area contributed by atoms with Crippen molar-refractivity contribution in [3.63, 3.8) is 0 Å². The van der Waals surface area contributed by atoms with Crippen LogP contribution in [0.25, 0.3) is 5.69 Å². The Balaban J connectivity index is 1.83. The molecule has 1 aromatic carbocycles. The van der Waals surface area contributed by atoms with Gasteiger partial charge in [0.25, 0.3) is 0 Å². The fraction of sp³-hybridized carbons (Fsp3) is 0.471. The highest BCUT2D eigenvalue weighted by Crippen LogP contribution is 2.20. The van der Waals surface area contributed by atoms with Crippen LogP contribution in [-0.2, 0) is 14.3 Å². The molecule has 0 amide bonds. The Morgan fingerprint density at radius 2 is 1.96 bits per heavy atom. The van der Waals surface area contributed by atoms with Crippen LogP contribution in [-0.4, -0.2) is 54.5 Å². The molecule has 1 atom stereocenters. The Bertz CT molecular complexity index is 743. The van der Waals surface area contributed by atoms with Crippen LogP contribution in [0.15, 0.2) is 35.5 Å². The molecular formula is C17H22N4O4S. The minimum Gasteiger partial charge on any atom is -0.460 e. The summed E-state index contributed by atoms with van der Waals surface area (Å²) in [7, 11) is 0. The number of para-hydroxylation sites is 1. The third kappa shape index (κ3) is 6.57. The number of esters is 1. The largest absolute Gasteiger partial charge is 0.460 e. The van der Waals surface area contributed by atoms with Gasteiger partial charge in [0, 0.05) is 12.2 Å². The number of Topliss-reactive ketones (excluding diaryl/α,β-unsaturated/α-hetero) is 1. The lowest BCUT2D eigenvalue weighted by atomic mass is 10.1. The minimum absolute atomic E-state index is 0.126. The van der Waals surface area contributed by atoms with Crippen molar-refractivity contribution in [2.45, 2.75) is 50.5 Å². The molecule has 0 aliphatic carbocycles. The number of hydrogen-bond donors (Lipinski definition) is 1. The summed E-state index contributed by atoms with van der Waals surface area (Å²) < 4.78 is 6.65. The lowest BCUT2D eigenvalue weighted by molar-refractivity contribution is -0.156. The monoisotopic (exact) mass is 378 g/mol. The molecule has 0 bridgehead atoms. The summed E-state index contributed by atoms with van der Waals surface area (Å²) in [6.07, 6.45) is -1.38. The summed E-state index contributed by atoms with van der Waals surface area (Å²) in [5, 5.41) is 22.1. The van der Waals surface area contributed by atoms with E-state index in [0.29, 0.717) is 5.16 Å². The lowest BCUT2D eigenvalue weighted by Gasteiger charge is -2.19. The summed E-state index contributed by atoms with van der Waals surface area (Å²) in [5.41, 5.74) is 0.163. The van der Waals surface area contributed by atoms with E-state index in [1.54, 1.807) is 25.5 Å². The number of aromatic nitrogens is 4. The predicted octanol–water partition coefficient (Wildman–Crippen LogP) is 1.81. The fourth-order valence-corrected chi connectivity index (χ4v) is 2.92. The Morgan fingerprint density at radius 1 is 1.27 bits per heavy atom. The minimum atomic E-state index is -0.907. The molecule has 0 spiro atoms. The first-order valence-corrected chi connectivity index (χ1v) is 9.11. The average molecular weight is 378 g/mol. The van der Waals surface area contributed by atoms with Crippen molar-refractivity contribution in [3.8, 4) is 5.69 Å². The molecule has 0 unspecified atom stereocenters. The van der Waals surface area contributed by atoms with E-state index < -0.39 is 17.7 Å². The van der Waals surface area contributed by atoms with Crippen LogP contribution in [0.1, 0.15) is 33.6 Å². The van der Waals surface area contributed by atoms with E-state index in [9.17, 15) is 14.7 Å². The maximum atomic E-state index is 11.9. The average Bonchev–Trinajstić information content (AvgIpc) is 3.00. The molecule has 2 aromatic rings. The normalized spacial score (nSPS) is 12.6. The molecule has 0 saturated heterocycles. The molecule has 1 aromatic heterocycles. The van der Waals surface area contributed by atoms with E-state index in [4.69, 9.17) is 4.74 Å². The first-order chi connectivity index (χ1) is 12.2. The van der Waals surface area contributed by atoms with Crippen LogP contribution in [0.2, 0.25) is 0 Å². The number of rotatable bonds is 8. The number of aliphatic hydroxyl groups excluding tert-OH is 1. The van der Waals surface area contributed by atoms with Crippen LogP contribution in [0, 0.1) is 0 Å². The summed E-state index contributed by atoms with van der Waals surface area (Å²) in [5.74, 6) is -0.724. The maximum absolute atomic E-state index is 11.9. The van der Waals surface area contributed by atoms with Gasteiger partial charge >= 0.3 is 5.97 Å². The van der Waals surface area contributed by atoms with E-state index in [1.807, 2.05) is 30.3 Å². The van der Waals surface area contributed by atoms with Gasteiger partial charge in [0.1, 0.15) is 17.8 Å². The summed E-state index contributed by atoms with van der Waals surface area (Å²) in [6.45, 7) is 5.20. The van der Waals surface area contributed by atoms with E-state index in [1.165, 1.54) is 11.8 Å². The number of ketones is 1. The second-order valence-corrected chi connectivity index (χ2v) is 7.67. The van der Waals surface area contributed by atoms with Crippen molar-refractivity contribution >= 4 is 23.5 Å². The number of hydrogen-bond acceptors (Lipinski definition) is 8. The lowest BCUT2D eigenvalue weighted by Crippen LogP contribution is -2.26. The second kappa shape index (κ2) is 8.91. The molecule has 0 aliphatic rings. The van der Waals surface area contributed by atoms with Gasteiger partial charge in [0.05, 0.1) is 11.8 Å². The number of carbonyl (C=O) groups excluding carboxylic acids is 2. The van der Waals surface area contributed by atoms with Gasteiger partial charge < -0.3 is 9.84 Å². The van der Waals surface area contributed by atoms with Gasteiger partial charge in [-0.2, -0.15) is 4.68 Å². The maximum Gasteiger partial charge on any atom is 0.313 e. The third-order valence-corrected chi connectivity index (χ3v) is 4.14. The molecule has 8 nitrogen and oxygen atoms in total. The highest BCUT2D eigenvalue weighted by molar-refractivity contribution is 7.99. The van der Waals surface area contributed by atoms with E-state index >= 15 is 0 Å². The number of nitrogens with zero attached hydrogens (tertiary/aromatic N) is 4. The molecule has 1 N–H and O–H groups in total. The predicted molar refractivity (Wildman–Crippen MR) is 96.0 cm³/mol. The Labute approximate surface area is 155 Å². The van der Waals surface area contributed by atoms with E-state index in [-0.39, 0.29) is 24.4 Å². The Morgan fingerprint density at radius 3 is 2.62 bits per heavy atom. The highest BCUT2D eigenvalue weighted by Gasteiger charge is 2.21. The molecular weight excluding hydrogens is 356 g/mol. The van der Waals surface area contributed by atoms with Crippen LogP contribution in [0.5, 0.6) is 0 Å². The van der Waals surface area contributed by atoms with Crippen LogP contribution in [0.3, 0.4) is 0 Å². The van der Waals surface area contributed by atoms with Gasteiger partial charge in [-0.05, 0) is 43.3 Å². The SMILES string of the molecule is CC(C)(C)OC(=O)CC(=O)C[C@H](O)CSc1nnnn1-c1ccccc1. The topological polar surface area (TPSA) is 107 Å². The summed E-state index contributed by atoms with van der Waals surface area (Å²) >= 11 is 1.24. The van der Waals surface area contributed by atoms with Gasteiger partial charge in [-0.1, -0.05) is 30.0 Å². The van der Waals surface area contributed by atoms with Crippen molar-refractivity contribution in [1.29, 1.82) is 0 Å². The van der Waals surface area contributed by atoms with Crippen molar-refractivity contribution < 1.29 is 19.4 Å². The molecule has 9 heteroatoms. The second-order valence-electron chi connectivity index (χ2n) is 6.68. The molecule has 0 radical (unpaired) electrons. The zero-order chi connectivity index (χ0) is 19.2. The molecule has 1 heterocycles. The van der Waals surface area contributed by atoms with Gasteiger partial charge in [-0.15, -0.1) is 5.10 Å². The fourth-order valence-electron chi connectivity index (χ4n) is 2.10. The first kappa shape index (κ1) is 20.1. The number of tetrazole rings is 1. The summed E-state index contributed by atoms with van der Waals surface area (Å²) in [4.78, 5) is 23.5. The van der Waals surface area contributed by atoms with Crippen molar-refractivity contribution in [3.05, 3.63) is 30.3 Å². The first-order valence-electron chi connectivity index (χ1n) is 8.13. The molecule has 0 saturated carbocycles. The number of benzene rings is 1. The Hall–Kier alpha value is -2.26. The molecule has 0 aliphatic heterocycles. The Kier molecular flexibility index (Phi) is 6.87. The molecule has 0 fully saturated rings. The number of aliphatic hydroxyl groups is 1. The van der Waals surface area contributed by atoms with Gasteiger partial charge in [0.2, 0.25) is 5.16 Å². The van der Waals surface area contributed by atoms with Crippen molar-refractivity contribution in [1.82, 2.24) is 20.2 Å². The van der Waals surface area contributed by atoms with Crippen LogP contribution >= 0.6 is 11.8 Å². The third-order valence-electron chi connectivity index (χ3n) is 3.07. The number of ether oxygens (including phenoxy) is 1. The van der Waals surface area contributed by atoms with Crippen LogP contribution in [0.4, 0.5) is 0 Å². The molecule has 2 rings (SSSR count). The number of thioether (sulfide) groups is 1. The quantitative estimate of drug-likeness (QED) is 0.421. The standard InChI is InChI=1S/C17H22N4O4S/c1-17(2,3)25-15(24)10-13(22)9-14(23)11-26-16-18-19-20-21(16)12-7-5-4-6-8-12/h4-8,14,23H,9-11H2,1-3H3/t14-/m0/s1. The highest BCUT2D eigenvalue weighted by atomic mass is 32.2. The van der Waals surface area contributed by atoms with Crippen molar-refractivity contribution in [2.75, 3.05) is 5.75 Å². The zero-order valence-electron chi connectivity index (χ0n) is 15.0. The summed E-state index contributed by atoms with van der Waals surface area (Å²) in [6, 6.07) is 9.36.